The van der Waals surface area contributed by atoms with E-state index in [1.165, 1.54) is 0 Å². The number of halogens is 2. The molecule has 37 heavy (non-hydrogen) atoms. The highest BCUT2D eigenvalue weighted by molar-refractivity contribution is 7.91. The molecule has 4 aromatic carbocycles. The van der Waals surface area contributed by atoms with Crippen LogP contribution in [0.1, 0.15) is 5.56 Å². The van der Waals surface area contributed by atoms with Gasteiger partial charge in [-0.05, 0) is 35.2 Å². The van der Waals surface area contributed by atoms with Crippen LogP contribution in [0.25, 0.3) is 21.7 Å². The third-order valence-electron chi connectivity index (χ3n) is 6.65. The molecule has 1 aliphatic rings. The summed E-state index contributed by atoms with van der Waals surface area (Å²) in [5, 5.41) is 10.5. The number of anilines is 1. The van der Waals surface area contributed by atoms with Crippen molar-refractivity contribution in [2.24, 2.45) is 0 Å². The van der Waals surface area contributed by atoms with E-state index in [-0.39, 0.29) is 34.7 Å². The van der Waals surface area contributed by atoms with E-state index in [2.05, 4.69) is 16.3 Å². The third kappa shape index (κ3) is 5.05. The summed E-state index contributed by atoms with van der Waals surface area (Å²) in [7, 11) is -3.87. The van der Waals surface area contributed by atoms with Gasteiger partial charge in [-0.3, -0.25) is 4.68 Å². The predicted molar refractivity (Wildman–Crippen MR) is 154 cm³/mol. The molecule has 0 aliphatic carbocycles. The number of sulfone groups is 1. The van der Waals surface area contributed by atoms with E-state index < -0.39 is 9.84 Å². The van der Waals surface area contributed by atoms with Crippen molar-refractivity contribution in [3.8, 4) is 0 Å². The maximum absolute atomic E-state index is 14.1. The first-order chi connectivity index (χ1) is 17.1. The zero-order valence-electron chi connectivity index (χ0n) is 20.1. The fourth-order valence-corrected chi connectivity index (χ4v) is 6.47. The molecule has 0 atom stereocenters. The average molecular weight is 556 g/mol. The summed E-state index contributed by atoms with van der Waals surface area (Å²) in [6.45, 7) is 4.08. The molecule has 1 aromatic heterocycles. The second-order valence-electron chi connectivity index (χ2n) is 8.87. The van der Waals surface area contributed by atoms with Crippen molar-refractivity contribution in [1.29, 1.82) is 0 Å². The predicted octanol–water partition coefficient (Wildman–Crippen LogP) is 5.32. The molecular weight excluding hydrogens is 527 g/mol. The molecule has 2 heterocycles. The highest BCUT2D eigenvalue weighted by Gasteiger charge is 2.28. The maximum atomic E-state index is 14.1. The molecule has 0 spiro atoms. The van der Waals surface area contributed by atoms with Gasteiger partial charge in [-0.15, -0.1) is 24.8 Å². The van der Waals surface area contributed by atoms with E-state index in [0.717, 1.165) is 48.3 Å². The zero-order chi connectivity index (χ0) is 23.8. The van der Waals surface area contributed by atoms with Crippen molar-refractivity contribution in [3.63, 3.8) is 0 Å². The Kier molecular flexibility index (Phi) is 8.09. The summed E-state index contributed by atoms with van der Waals surface area (Å²) in [5.74, 6) is 0. The van der Waals surface area contributed by atoms with Crippen molar-refractivity contribution in [2.45, 2.75) is 16.5 Å². The Morgan fingerprint density at radius 2 is 1.49 bits per heavy atom. The smallest absolute Gasteiger partial charge is 0.226 e. The van der Waals surface area contributed by atoms with Crippen LogP contribution >= 0.6 is 24.8 Å². The summed E-state index contributed by atoms with van der Waals surface area (Å²) >= 11 is 0. The minimum atomic E-state index is -3.87. The summed E-state index contributed by atoms with van der Waals surface area (Å²) in [4.78, 5) is 2.58. The maximum Gasteiger partial charge on any atom is 0.226 e. The topological polar surface area (TPSA) is 67.2 Å². The first-order valence-corrected chi connectivity index (χ1v) is 13.3. The molecule has 0 bridgehead atoms. The van der Waals surface area contributed by atoms with Crippen LogP contribution in [0.2, 0.25) is 0 Å². The Morgan fingerprint density at radius 3 is 2.27 bits per heavy atom. The molecule has 0 saturated carbocycles. The van der Waals surface area contributed by atoms with Crippen molar-refractivity contribution < 1.29 is 8.42 Å². The lowest BCUT2D eigenvalue weighted by Gasteiger charge is -2.29. The van der Waals surface area contributed by atoms with Gasteiger partial charge in [-0.1, -0.05) is 66.7 Å². The number of piperazine rings is 1. The molecule has 1 N–H and O–H groups in total. The molecule has 6 rings (SSSR count). The summed E-state index contributed by atoms with van der Waals surface area (Å²) in [5.41, 5.74) is 2.90. The van der Waals surface area contributed by atoms with E-state index in [4.69, 9.17) is 5.10 Å². The number of hydrogen-bond donors (Lipinski definition) is 1. The Labute approximate surface area is 229 Å². The van der Waals surface area contributed by atoms with Gasteiger partial charge in [-0.25, -0.2) is 8.42 Å². The molecule has 192 valence electrons. The van der Waals surface area contributed by atoms with E-state index in [0.29, 0.717) is 17.3 Å². The number of aromatic nitrogens is 2. The van der Waals surface area contributed by atoms with Crippen molar-refractivity contribution >= 4 is 62.0 Å². The molecule has 9 heteroatoms. The fraction of sp³-hybridized carbons (Fsp3) is 0.179. The van der Waals surface area contributed by atoms with Crippen LogP contribution in [0.4, 0.5) is 5.69 Å². The van der Waals surface area contributed by atoms with Gasteiger partial charge < -0.3 is 10.2 Å². The van der Waals surface area contributed by atoms with Crippen molar-refractivity contribution in [2.75, 3.05) is 31.1 Å². The van der Waals surface area contributed by atoms with Gasteiger partial charge in [0.05, 0.1) is 17.0 Å². The van der Waals surface area contributed by atoms with Gasteiger partial charge >= 0.3 is 0 Å². The number of rotatable bonds is 5. The van der Waals surface area contributed by atoms with Crippen LogP contribution in [0.15, 0.2) is 101 Å². The molecule has 1 saturated heterocycles. The fourth-order valence-electron chi connectivity index (χ4n) is 4.87. The Balaban J connectivity index is 0.00000160. The van der Waals surface area contributed by atoms with Crippen LogP contribution in [0.3, 0.4) is 0 Å². The van der Waals surface area contributed by atoms with Crippen LogP contribution in [0.5, 0.6) is 0 Å². The van der Waals surface area contributed by atoms with Crippen molar-refractivity contribution in [3.05, 3.63) is 96.6 Å². The third-order valence-corrected chi connectivity index (χ3v) is 8.40. The van der Waals surface area contributed by atoms with Gasteiger partial charge in [0.25, 0.3) is 0 Å². The number of benzene rings is 4. The number of nitrogens with zero attached hydrogens (tertiary/aromatic N) is 3. The zero-order valence-corrected chi connectivity index (χ0v) is 22.5. The molecule has 0 unspecified atom stereocenters. The second kappa shape index (κ2) is 11.1. The SMILES string of the molecule is Cl.Cl.O=S(=O)(c1cccc2ccccc12)c1nn(Cc2ccccc2)c2ccc(N3CCNCC3)cc12. The standard InChI is InChI=1S/C28H26N4O2S.2ClH/c33-35(34,27-12-6-10-22-9-4-5-11-24(22)27)28-25-19-23(31-17-15-29-16-18-31)13-14-26(25)32(30-28)20-21-7-2-1-3-8-21;;/h1-14,19,29H,15-18,20H2;2*1H. The van der Waals surface area contributed by atoms with E-state index in [1.54, 1.807) is 12.1 Å². The van der Waals surface area contributed by atoms with Crippen molar-refractivity contribution in [1.82, 2.24) is 15.1 Å². The summed E-state index contributed by atoms with van der Waals surface area (Å²) in [6.07, 6.45) is 0. The number of fused-ring (bicyclic) bond motifs is 2. The van der Waals surface area contributed by atoms with Crippen LogP contribution in [0, 0.1) is 0 Å². The first-order valence-electron chi connectivity index (χ1n) is 11.8. The largest absolute Gasteiger partial charge is 0.369 e. The molecule has 0 amide bonds. The summed E-state index contributed by atoms with van der Waals surface area (Å²) in [6, 6.07) is 29.1. The second-order valence-corrected chi connectivity index (χ2v) is 10.7. The quantitative estimate of drug-likeness (QED) is 0.318. The highest BCUT2D eigenvalue weighted by atomic mass is 35.5. The lowest BCUT2D eigenvalue weighted by Crippen LogP contribution is -2.43. The lowest BCUT2D eigenvalue weighted by atomic mass is 10.1. The number of hydrogen-bond acceptors (Lipinski definition) is 5. The van der Waals surface area contributed by atoms with Gasteiger partial charge in [0.1, 0.15) is 0 Å². The van der Waals surface area contributed by atoms with Gasteiger partial charge in [0, 0.05) is 42.6 Å². The van der Waals surface area contributed by atoms with Gasteiger partial charge in [0.2, 0.25) is 9.84 Å². The molecule has 6 nitrogen and oxygen atoms in total. The minimum Gasteiger partial charge on any atom is -0.369 e. The molecular formula is C28H28Cl2N4O2S. The first kappa shape index (κ1) is 26.9. The highest BCUT2D eigenvalue weighted by Crippen LogP contribution is 2.34. The normalized spacial score (nSPS) is 13.8. The van der Waals surface area contributed by atoms with Gasteiger partial charge in [-0.2, -0.15) is 5.10 Å². The lowest BCUT2D eigenvalue weighted by molar-refractivity contribution is 0.587. The molecule has 1 fully saturated rings. The number of nitrogens with one attached hydrogen (secondary N) is 1. The van der Waals surface area contributed by atoms with E-state index in [9.17, 15) is 8.42 Å². The minimum absolute atomic E-state index is 0. The van der Waals surface area contributed by atoms with Crippen LogP contribution in [-0.4, -0.2) is 44.4 Å². The average Bonchev–Trinajstić information content (AvgIpc) is 3.28. The van der Waals surface area contributed by atoms with E-state index >= 15 is 0 Å². The Bertz CT molecular complexity index is 1630. The van der Waals surface area contributed by atoms with E-state index in [1.807, 2.05) is 77.5 Å². The Hall–Kier alpha value is -3.10. The monoisotopic (exact) mass is 554 g/mol. The van der Waals surface area contributed by atoms with Crippen LogP contribution < -0.4 is 10.2 Å². The van der Waals surface area contributed by atoms with Gasteiger partial charge in [0.15, 0.2) is 5.03 Å². The molecule has 0 radical (unpaired) electrons. The Morgan fingerprint density at radius 1 is 0.784 bits per heavy atom. The van der Waals surface area contributed by atoms with Crippen LogP contribution in [-0.2, 0) is 16.4 Å². The molecule has 1 aliphatic heterocycles. The molecule has 5 aromatic rings. The summed E-state index contributed by atoms with van der Waals surface area (Å²) < 4.78 is 30.0.